The Morgan fingerprint density at radius 1 is 1.40 bits per heavy atom. The van der Waals surface area contributed by atoms with Crippen molar-refractivity contribution in [2.75, 3.05) is 34.0 Å². The van der Waals surface area contributed by atoms with Crippen molar-refractivity contribution in [2.45, 2.75) is 0 Å². The molecule has 0 unspecified atom stereocenters. The molecule has 0 aromatic heterocycles. The van der Waals surface area contributed by atoms with Crippen molar-refractivity contribution in [1.82, 2.24) is 0 Å². The summed E-state index contributed by atoms with van der Waals surface area (Å²) in [4.78, 5) is 10.6. The molecule has 15 heavy (non-hydrogen) atoms. The number of hydrogen-bond acceptors (Lipinski definition) is 6. The highest BCUT2D eigenvalue weighted by atomic mass is 31.2. The van der Waals surface area contributed by atoms with Gasteiger partial charge in [0.05, 0.1) is 6.16 Å². The Kier molecular flexibility index (Phi) is 11.0. The summed E-state index contributed by atoms with van der Waals surface area (Å²) in [6, 6.07) is 0. The number of rotatable bonds is 6. The molecule has 0 atom stereocenters. The molecule has 90 valence electrons. The van der Waals surface area contributed by atoms with Crippen LogP contribution in [-0.2, 0) is 23.1 Å². The van der Waals surface area contributed by atoms with Crippen LogP contribution in [0, 0.1) is 0 Å². The van der Waals surface area contributed by atoms with Gasteiger partial charge in [-0.05, 0) is 7.05 Å². The van der Waals surface area contributed by atoms with E-state index in [4.69, 9.17) is 0 Å². The molecule has 2 N–H and O–H groups in total. The van der Waals surface area contributed by atoms with Crippen LogP contribution in [0.2, 0.25) is 0 Å². The van der Waals surface area contributed by atoms with Crippen molar-refractivity contribution in [3.8, 4) is 0 Å². The van der Waals surface area contributed by atoms with E-state index < -0.39 is 13.6 Å². The Morgan fingerprint density at radius 2 is 1.87 bits per heavy atom. The first-order chi connectivity index (χ1) is 7.08. The number of esters is 1. The average molecular weight is 239 g/mol. The summed E-state index contributed by atoms with van der Waals surface area (Å²) in [6.45, 7) is 3.20. The van der Waals surface area contributed by atoms with E-state index in [2.05, 4.69) is 26.1 Å². The van der Waals surface area contributed by atoms with E-state index in [9.17, 15) is 9.36 Å². The topological polar surface area (TPSA) is 87.9 Å². The third-order valence-corrected chi connectivity index (χ3v) is 3.18. The minimum absolute atomic E-state index is 0.0101. The van der Waals surface area contributed by atoms with Crippen molar-refractivity contribution in [1.29, 1.82) is 0 Å². The Labute approximate surface area is 89.9 Å². The number of ether oxygens (including phenoxy) is 1. The zero-order valence-electron chi connectivity index (χ0n) is 9.26. The Morgan fingerprint density at radius 3 is 2.20 bits per heavy atom. The van der Waals surface area contributed by atoms with Crippen LogP contribution in [0.25, 0.3) is 0 Å². The van der Waals surface area contributed by atoms with Gasteiger partial charge in [0.15, 0.2) is 0 Å². The molecule has 0 heterocycles. The molecule has 0 radical (unpaired) electrons. The highest BCUT2D eigenvalue weighted by Gasteiger charge is 2.20. The van der Waals surface area contributed by atoms with E-state index in [0.29, 0.717) is 0 Å². The second kappa shape index (κ2) is 9.86. The molecule has 0 fully saturated rings. The highest BCUT2D eigenvalue weighted by molar-refractivity contribution is 7.53. The Balaban J connectivity index is 0. The van der Waals surface area contributed by atoms with E-state index in [0.717, 1.165) is 6.08 Å². The second-order valence-corrected chi connectivity index (χ2v) is 4.47. The Bertz CT molecular complexity index is 223. The summed E-state index contributed by atoms with van der Waals surface area (Å²) < 4.78 is 25.2. The first kappa shape index (κ1) is 16.7. The lowest BCUT2D eigenvalue weighted by atomic mass is 10.6. The minimum atomic E-state index is -3.06. The van der Waals surface area contributed by atoms with Crippen LogP contribution in [-0.4, -0.2) is 40.0 Å². The van der Waals surface area contributed by atoms with Gasteiger partial charge in [0, 0.05) is 20.3 Å². The van der Waals surface area contributed by atoms with Crippen molar-refractivity contribution in [2.24, 2.45) is 5.73 Å². The van der Waals surface area contributed by atoms with Gasteiger partial charge in [-0.25, -0.2) is 4.79 Å². The fraction of sp³-hybridized carbons (Fsp3) is 0.625. The van der Waals surface area contributed by atoms with E-state index in [-0.39, 0.29) is 12.8 Å². The van der Waals surface area contributed by atoms with Crippen molar-refractivity contribution in [3.63, 3.8) is 0 Å². The molecule has 0 saturated carbocycles. The molecule has 0 rings (SSSR count). The molecule has 0 aromatic rings. The van der Waals surface area contributed by atoms with Gasteiger partial charge in [-0.3, -0.25) is 4.57 Å². The van der Waals surface area contributed by atoms with E-state index in [1.54, 1.807) is 0 Å². The minimum Gasteiger partial charge on any atom is -0.462 e. The van der Waals surface area contributed by atoms with Crippen molar-refractivity contribution in [3.05, 3.63) is 12.7 Å². The number of nitrogens with two attached hydrogens (primary N) is 1. The lowest BCUT2D eigenvalue weighted by Crippen LogP contribution is -2.07. The lowest BCUT2D eigenvalue weighted by molar-refractivity contribution is -0.137. The van der Waals surface area contributed by atoms with Gasteiger partial charge >= 0.3 is 13.6 Å². The van der Waals surface area contributed by atoms with E-state index in [1.807, 2.05) is 0 Å². The monoisotopic (exact) mass is 239 g/mol. The zero-order chi connectivity index (χ0) is 12.3. The quantitative estimate of drug-likeness (QED) is 0.418. The standard InChI is InChI=1S/C7H13O5P.CH5N/c1-4-7(8)12-5-6-13(9,10-2)11-3;1-2/h4H,1,5-6H2,2-3H3;2H2,1H3. The lowest BCUT2D eigenvalue weighted by Gasteiger charge is -2.12. The summed E-state index contributed by atoms with van der Waals surface area (Å²) in [5.74, 6) is -0.557. The maximum Gasteiger partial charge on any atom is 0.333 e. The summed E-state index contributed by atoms with van der Waals surface area (Å²) in [7, 11) is 0.995. The van der Waals surface area contributed by atoms with Crippen molar-refractivity contribution < 1.29 is 23.1 Å². The van der Waals surface area contributed by atoms with Crippen LogP contribution in [0.3, 0.4) is 0 Å². The molecule has 0 bridgehead atoms. The Hall–Kier alpha value is -0.680. The molecule has 6 nitrogen and oxygen atoms in total. The first-order valence-corrected chi connectivity index (χ1v) is 5.88. The maximum absolute atomic E-state index is 11.4. The second-order valence-electron chi connectivity index (χ2n) is 2.07. The van der Waals surface area contributed by atoms with Gasteiger partial charge in [-0.15, -0.1) is 0 Å². The maximum atomic E-state index is 11.4. The third-order valence-electron chi connectivity index (χ3n) is 1.33. The fourth-order valence-corrected chi connectivity index (χ4v) is 1.40. The molecular formula is C8H18NO5P. The molecule has 7 heteroatoms. The molecule has 0 aliphatic heterocycles. The number of hydrogen-bond donors (Lipinski definition) is 1. The largest absolute Gasteiger partial charge is 0.462 e. The fourth-order valence-electron chi connectivity index (χ4n) is 0.574. The summed E-state index contributed by atoms with van der Waals surface area (Å²) in [6.07, 6.45) is 1.07. The zero-order valence-corrected chi connectivity index (χ0v) is 10.2. The summed E-state index contributed by atoms with van der Waals surface area (Å²) in [5, 5.41) is 0. The summed E-state index contributed by atoms with van der Waals surface area (Å²) >= 11 is 0. The number of carbonyl (C=O) groups excluding carboxylic acids is 1. The van der Waals surface area contributed by atoms with Crippen LogP contribution in [0.1, 0.15) is 0 Å². The first-order valence-electron chi connectivity index (χ1n) is 4.15. The van der Waals surface area contributed by atoms with E-state index in [1.165, 1.54) is 21.3 Å². The molecule has 0 amide bonds. The molecule has 0 saturated heterocycles. The molecule has 0 aliphatic carbocycles. The van der Waals surface area contributed by atoms with Crippen LogP contribution < -0.4 is 5.73 Å². The molecule has 0 aliphatic rings. The molecular weight excluding hydrogens is 221 g/mol. The van der Waals surface area contributed by atoms with Gasteiger partial charge in [0.2, 0.25) is 0 Å². The normalized spacial score (nSPS) is 9.87. The SMILES string of the molecule is C=CC(=O)OCCP(=O)(OC)OC.CN. The van der Waals surface area contributed by atoms with Crippen LogP contribution >= 0.6 is 7.60 Å². The molecule has 0 spiro atoms. The predicted molar refractivity (Wildman–Crippen MR) is 57.8 cm³/mol. The van der Waals surface area contributed by atoms with Gasteiger partial charge in [-0.2, -0.15) is 0 Å². The van der Waals surface area contributed by atoms with Gasteiger partial charge in [-0.1, -0.05) is 6.58 Å². The van der Waals surface area contributed by atoms with Crippen LogP contribution in [0.4, 0.5) is 0 Å². The predicted octanol–water partition coefficient (Wildman–Crippen LogP) is 0.776. The van der Waals surface area contributed by atoms with E-state index >= 15 is 0 Å². The summed E-state index contributed by atoms with van der Waals surface area (Å²) in [5.41, 5.74) is 4.50. The highest BCUT2D eigenvalue weighted by Crippen LogP contribution is 2.45. The van der Waals surface area contributed by atoms with Gasteiger partial charge < -0.3 is 19.5 Å². The molecule has 0 aromatic carbocycles. The van der Waals surface area contributed by atoms with Crippen LogP contribution in [0.15, 0.2) is 12.7 Å². The van der Waals surface area contributed by atoms with Crippen molar-refractivity contribution >= 4 is 13.6 Å². The third kappa shape index (κ3) is 8.32. The smallest absolute Gasteiger partial charge is 0.333 e. The average Bonchev–Trinajstić information content (AvgIpc) is 2.31. The van der Waals surface area contributed by atoms with Crippen LogP contribution in [0.5, 0.6) is 0 Å². The van der Waals surface area contributed by atoms with Gasteiger partial charge in [0.1, 0.15) is 6.61 Å². The van der Waals surface area contributed by atoms with Gasteiger partial charge in [0.25, 0.3) is 0 Å². The number of carbonyl (C=O) groups is 1.